The molecule has 0 aliphatic carbocycles. The van der Waals surface area contributed by atoms with E-state index >= 15 is 0 Å². The van der Waals surface area contributed by atoms with Gasteiger partial charge in [-0.05, 0) is 24.8 Å². The van der Waals surface area contributed by atoms with Crippen molar-refractivity contribution in [3.8, 4) is 11.5 Å². The lowest BCUT2D eigenvalue weighted by atomic mass is 10.1. The molecule has 0 unspecified atom stereocenters. The maximum Gasteiger partial charge on any atom is 0.165 e. The van der Waals surface area contributed by atoms with Crippen molar-refractivity contribution in [1.82, 2.24) is 0 Å². The first kappa shape index (κ1) is 14.2. The van der Waals surface area contributed by atoms with Crippen LogP contribution in [0.4, 0.5) is 0 Å². The lowest BCUT2D eigenvalue weighted by Gasteiger charge is -2.14. The molecular weight excluding hydrogens is 236 g/mol. The van der Waals surface area contributed by atoms with E-state index in [4.69, 9.17) is 21.1 Å². The smallest absolute Gasteiger partial charge is 0.165 e. The molecule has 0 saturated carbocycles. The third kappa shape index (κ3) is 4.47. The van der Waals surface area contributed by atoms with Gasteiger partial charge in [-0.1, -0.05) is 26.0 Å². The van der Waals surface area contributed by atoms with Crippen LogP contribution < -0.4 is 9.47 Å². The molecule has 1 rings (SSSR count). The third-order valence-corrected chi connectivity index (χ3v) is 2.88. The molecule has 0 amide bonds. The number of ether oxygens (including phenoxy) is 2. The SMILES string of the molecule is COc1cccc(CCl)c1OCCCC(C)C. The molecule has 17 heavy (non-hydrogen) atoms. The van der Waals surface area contributed by atoms with Crippen LogP contribution in [0.3, 0.4) is 0 Å². The van der Waals surface area contributed by atoms with E-state index in [0.29, 0.717) is 18.4 Å². The standard InChI is InChI=1S/C14H21ClO2/c1-11(2)6-5-9-17-14-12(10-15)7-4-8-13(14)16-3/h4,7-8,11H,5-6,9-10H2,1-3H3. The van der Waals surface area contributed by atoms with Crippen molar-refractivity contribution in [1.29, 1.82) is 0 Å². The number of rotatable bonds is 7. The maximum atomic E-state index is 5.89. The summed E-state index contributed by atoms with van der Waals surface area (Å²) in [5, 5.41) is 0. The van der Waals surface area contributed by atoms with Gasteiger partial charge >= 0.3 is 0 Å². The highest BCUT2D eigenvalue weighted by Gasteiger charge is 2.09. The van der Waals surface area contributed by atoms with E-state index in [9.17, 15) is 0 Å². The van der Waals surface area contributed by atoms with Gasteiger partial charge in [0.25, 0.3) is 0 Å². The van der Waals surface area contributed by atoms with Crippen molar-refractivity contribution in [2.24, 2.45) is 5.92 Å². The molecule has 0 aromatic heterocycles. The Morgan fingerprint density at radius 3 is 2.65 bits per heavy atom. The van der Waals surface area contributed by atoms with E-state index in [1.54, 1.807) is 7.11 Å². The topological polar surface area (TPSA) is 18.5 Å². The lowest BCUT2D eigenvalue weighted by molar-refractivity contribution is 0.277. The second-order valence-electron chi connectivity index (χ2n) is 4.47. The van der Waals surface area contributed by atoms with Crippen molar-refractivity contribution in [3.05, 3.63) is 23.8 Å². The third-order valence-electron chi connectivity index (χ3n) is 2.60. The van der Waals surface area contributed by atoms with Crippen molar-refractivity contribution in [2.45, 2.75) is 32.6 Å². The Kier molecular flexibility index (Phi) is 6.20. The average Bonchev–Trinajstić information content (AvgIpc) is 2.34. The number of para-hydroxylation sites is 1. The fraction of sp³-hybridized carbons (Fsp3) is 0.571. The lowest BCUT2D eigenvalue weighted by Crippen LogP contribution is -2.03. The number of alkyl halides is 1. The van der Waals surface area contributed by atoms with E-state index in [2.05, 4.69) is 13.8 Å². The van der Waals surface area contributed by atoms with Crippen LogP contribution in [0.2, 0.25) is 0 Å². The highest BCUT2D eigenvalue weighted by atomic mass is 35.5. The van der Waals surface area contributed by atoms with Crippen LogP contribution in [-0.2, 0) is 5.88 Å². The maximum absolute atomic E-state index is 5.89. The minimum absolute atomic E-state index is 0.441. The van der Waals surface area contributed by atoms with Crippen molar-refractivity contribution in [2.75, 3.05) is 13.7 Å². The number of halogens is 1. The summed E-state index contributed by atoms with van der Waals surface area (Å²) in [6.45, 7) is 5.14. The number of hydrogen-bond acceptors (Lipinski definition) is 2. The molecule has 1 aromatic rings. The Balaban J connectivity index is 2.61. The highest BCUT2D eigenvalue weighted by molar-refractivity contribution is 6.17. The molecular formula is C14H21ClO2. The Morgan fingerprint density at radius 1 is 1.29 bits per heavy atom. The zero-order valence-electron chi connectivity index (χ0n) is 10.8. The van der Waals surface area contributed by atoms with Crippen LogP contribution in [0.15, 0.2) is 18.2 Å². The summed E-state index contributed by atoms with van der Waals surface area (Å²) >= 11 is 5.89. The second-order valence-corrected chi connectivity index (χ2v) is 4.73. The fourth-order valence-electron chi connectivity index (χ4n) is 1.66. The van der Waals surface area contributed by atoms with E-state index in [1.165, 1.54) is 6.42 Å². The van der Waals surface area contributed by atoms with Gasteiger partial charge in [-0.2, -0.15) is 0 Å². The molecule has 0 radical (unpaired) electrons. The molecule has 1 aromatic carbocycles. The van der Waals surface area contributed by atoms with Crippen molar-refractivity contribution >= 4 is 11.6 Å². The van der Waals surface area contributed by atoms with Gasteiger partial charge in [0.05, 0.1) is 19.6 Å². The molecule has 0 aliphatic rings. The molecule has 2 nitrogen and oxygen atoms in total. The molecule has 0 heterocycles. The summed E-state index contributed by atoms with van der Waals surface area (Å²) in [6, 6.07) is 5.79. The van der Waals surface area contributed by atoms with E-state index < -0.39 is 0 Å². The predicted molar refractivity (Wildman–Crippen MR) is 72.1 cm³/mol. The molecule has 0 spiro atoms. The van der Waals surface area contributed by atoms with Gasteiger partial charge in [0.1, 0.15) is 0 Å². The molecule has 0 bridgehead atoms. The number of methoxy groups -OCH3 is 1. The summed E-state index contributed by atoms with van der Waals surface area (Å²) in [5.74, 6) is 2.70. The van der Waals surface area contributed by atoms with Gasteiger partial charge in [-0.3, -0.25) is 0 Å². The van der Waals surface area contributed by atoms with Crippen molar-refractivity contribution in [3.63, 3.8) is 0 Å². The second kappa shape index (κ2) is 7.44. The van der Waals surface area contributed by atoms with Gasteiger partial charge in [0.15, 0.2) is 11.5 Å². The molecule has 0 aliphatic heterocycles. The summed E-state index contributed by atoms with van der Waals surface area (Å²) < 4.78 is 11.1. The van der Waals surface area contributed by atoms with E-state index in [0.717, 1.165) is 23.5 Å². The van der Waals surface area contributed by atoms with Crippen LogP contribution in [0.1, 0.15) is 32.3 Å². The Bertz CT molecular complexity index is 315. The summed E-state index contributed by atoms with van der Waals surface area (Å²) in [6.07, 6.45) is 2.22. The van der Waals surface area contributed by atoms with Gasteiger partial charge in [0.2, 0.25) is 0 Å². The first-order chi connectivity index (χ1) is 8.19. The number of benzene rings is 1. The minimum Gasteiger partial charge on any atom is -0.493 e. The van der Waals surface area contributed by atoms with Crippen LogP contribution in [0.25, 0.3) is 0 Å². The van der Waals surface area contributed by atoms with E-state index in [-0.39, 0.29) is 0 Å². The zero-order valence-corrected chi connectivity index (χ0v) is 11.6. The van der Waals surface area contributed by atoms with Gasteiger partial charge in [-0.25, -0.2) is 0 Å². The quantitative estimate of drug-likeness (QED) is 0.536. The Labute approximate surface area is 109 Å². The van der Waals surface area contributed by atoms with Crippen LogP contribution >= 0.6 is 11.6 Å². The Hall–Kier alpha value is -0.890. The first-order valence-corrected chi connectivity index (χ1v) is 6.57. The normalized spacial score (nSPS) is 10.6. The highest BCUT2D eigenvalue weighted by Crippen LogP contribution is 2.32. The monoisotopic (exact) mass is 256 g/mol. The van der Waals surface area contributed by atoms with Gasteiger partial charge < -0.3 is 9.47 Å². The molecule has 0 atom stereocenters. The Morgan fingerprint density at radius 2 is 2.06 bits per heavy atom. The van der Waals surface area contributed by atoms with Crippen LogP contribution in [-0.4, -0.2) is 13.7 Å². The predicted octanol–water partition coefficient (Wildman–Crippen LogP) is 4.25. The zero-order chi connectivity index (χ0) is 12.7. The molecule has 0 N–H and O–H groups in total. The molecule has 96 valence electrons. The molecule has 0 saturated heterocycles. The van der Waals surface area contributed by atoms with Gasteiger partial charge in [-0.15, -0.1) is 11.6 Å². The van der Waals surface area contributed by atoms with E-state index in [1.807, 2.05) is 18.2 Å². The van der Waals surface area contributed by atoms with Crippen LogP contribution in [0.5, 0.6) is 11.5 Å². The molecule has 3 heteroatoms. The average molecular weight is 257 g/mol. The molecule has 0 fully saturated rings. The minimum atomic E-state index is 0.441. The first-order valence-electron chi connectivity index (χ1n) is 6.03. The number of hydrogen-bond donors (Lipinski definition) is 0. The van der Waals surface area contributed by atoms with Crippen LogP contribution in [0, 0.1) is 5.92 Å². The largest absolute Gasteiger partial charge is 0.493 e. The fourth-order valence-corrected chi connectivity index (χ4v) is 1.87. The summed E-state index contributed by atoms with van der Waals surface area (Å²) in [4.78, 5) is 0. The van der Waals surface area contributed by atoms with Crippen molar-refractivity contribution < 1.29 is 9.47 Å². The summed E-state index contributed by atoms with van der Waals surface area (Å²) in [5.41, 5.74) is 0.982. The van der Waals surface area contributed by atoms with Gasteiger partial charge in [0, 0.05) is 5.56 Å². The summed E-state index contributed by atoms with van der Waals surface area (Å²) in [7, 11) is 1.65.